The molecule has 1 aliphatic rings. The molecule has 3 rings (SSSR count). The molecule has 0 aliphatic carbocycles. The van der Waals surface area contributed by atoms with E-state index in [4.69, 9.17) is 0 Å². The van der Waals surface area contributed by atoms with Crippen LogP contribution in [-0.2, 0) is 11.3 Å². The van der Waals surface area contributed by atoms with Gasteiger partial charge in [-0.15, -0.1) is 0 Å². The van der Waals surface area contributed by atoms with Crippen LogP contribution in [0.1, 0.15) is 23.6 Å². The number of amides is 1. The van der Waals surface area contributed by atoms with Crippen LogP contribution in [0.2, 0.25) is 0 Å². The van der Waals surface area contributed by atoms with E-state index in [1.54, 1.807) is 12.4 Å². The van der Waals surface area contributed by atoms with Crippen molar-refractivity contribution in [1.82, 2.24) is 20.2 Å². The molecule has 1 fully saturated rings. The Bertz CT molecular complexity index is 719. The van der Waals surface area contributed by atoms with Gasteiger partial charge in [-0.1, -0.05) is 0 Å². The molecule has 0 spiro atoms. The molecule has 1 amide bonds. The lowest BCUT2D eigenvalue weighted by Gasteiger charge is -2.26. The van der Waals surface area contributed by atoms with Crippen molar-refractivity contribution < 1.29 is 4.79 Å². The van der Waals surface area contributed by atoms with Crippen LogP contribution in [0.25, 0.3) is 0 Å². The van der Waals surface area contributed by atoms with Crippen LogP contribution >= 0.6 is 0 Å². The fourth-order valence-corrected chi connectivity index (χ4v) is 3.58. The van der Waals surface area contributed by atoms with E-state index in [0.29, 0.717) is 6.42 Å². The fourth-order valence-electron chi connectivity index (χ4n) is 3.58. The van der Waals surface area contributed by atoms with Gasteiger partial charge in [-0.25, -0.2) is 0 Å². The second kappa shape index (κ2) is 7.61. The lowest BCUT2D eigenvalue weighted by atomic mass is 9.94. The van der Waals surface area contributed by atoms with E-state index in [-0.39, 0.29) is 17.9 Å². The Morgan fingerprint density at radius 1 is 1.20 bits per heavy atom. The van der Waals surface area contributed by atoms with Crippen molar-refractivity contribution in [2.45, 2.75) is 19.0 Å². The molecule has 2 aromatic rings. The van der Waals surface area contributed by atoms with Crippen LogP contribution in [-0.4, -0.2) is 48.5 Å². The molecule has 2 atom stereocenters. The van der Waals surface area contributed by atoms with Crippen molar-refractivity contribution in [2.75, 3.05) is 32.6 Å². The molecule has 3 heterocycles. The second-order valence-electron chi connectivity index (χ2n) is 6.72. The first-order valence-corrected chi connectivity index (χ1v) is 8.54. The Balaban J connectivity index is 1.67. The Morgan fingerprint density at radius 3 is 2.64 bits per heavy atom. The number of rotatable bonds is 6. The molecule has 0 radical (unpaired) electrons. The van der Waals surface area contributed by atoms with Gasteiger partial charge in [0.05, 0.1) is 6.04 Å². The van der Waals surface area contributed by atoms with Crippen LogP contribution in [0, 0.1) is 5.92 Å². The lowest BCUT2D eigenvalue weighted by molar-refractivity contribution is -0.127. The lowest BCUT2D eigenvalue weighted by Crippen LogP contribution is -2.29. The van der Waals surface area contributed by atoms with Gasteiger partial charge in [0.25, 0.3) is 0 Å². The van der Waals surface area contributed by atoms with Gasteiger partial charge in [0.2, 0.25) is 5.91 Å². The number of nitrogens with one attached hydrogen (secondary N) is 1. The van der Waals surface area contributed by atoms with E-state index in [2.05, 4.69) is 20.2 Å². The smallest absolute Gasteiger partial charge is 0.223 e. The average molecular weight is 339 g/mol. The molecule has 1 N–H and O–H groups in total. The van der Waals surface area contributed by atoms with Crippen molar-refractivity contribution in [1.29, 1.82) is 0 Å². The summed E-state index contributed by atoms with van der Waals surface area (Å²) in [6.07, 6.45) is 7.85. The highest BCUT2D eigenvalue weighted by atomic mass is 16.2. The number of anilines is 1. The molecule has 6 nitrogen and oxygen atoms in total. The number of nitrogens with zero attached hydrogens (tertiary/aromatic N) is 4. The third-order valence-corrected chi connectivity index (χ3v) is 4.82. The molecule has 0 saturated carbocycles. The van der Waals surface area contributed by atoms with E-state index in [9.17, 15) is 4.79 Å². The Kier molecular flexibility index (Phi) is 5.28. The van der Waals surface area contributed by atoms with Gasteiger partial charge in [0, 0.05) is 82.6 Å². The van der Waals surface area contributed by atoms with Gasteiger partial charge < -0.3 is 15.1 Å². The van der Waals surface area contributed by atoms with Crippen molar-refractivity contribution in [3.63, 3.8) is 0 Å². The largest absolute Gasteiger partial charge is 0.377 e. The van der Waals surface area contributed by atoms with E-state index >= 15 is 0 Å². The number of likely N-dealkylation sites (tertiary alicyclic amines) is 1. The Labute approximate surface area is 148 Å². The minimum atomic E-state index is 0.102. The topological polar surface area (TPSA) is 61.4 Å². The maximum absolute atomic E-state index is 12.2. The van der Waals surface area contributed by atoms with Gasteiger partial charge in [-0.2, -0.15) is 0 Å². The summed E-state index contributed by atoms with van der Waals surface area (Å²) in [5.74, 6) is 0.448. The predicted octanol–water partition coefficient (Wildman–Crippen LogP) is 1.85. The molecule has 0 unspecified atom stereocenters. The summed E-state index contributed by atoms with van der Waals surface area (Å²) in [6, 6.07) is 6.12. The van der Waals surface area contributed by atoms with Gasteiger partial charge >= 0.3 is 0 Å². The van der Waals surface area contributed by atoms with Crippen molar-refractivity contribution in [3.05, 3.63) is 54.1 Å². The number of hydrogen-bond acceptors (Lipinski definition) is 5. The molecule has 0 aromatic carbocycles. The van der Waals surface area contributed by atoms with Crippen LogP contribution in [0.15, 0.2) is 43.0 Å². The second-order valence-corrected chi connectivity index (χ2v) is 6.72. The third-order valence-electron chi connectivity index (χ3n) is 4.82. The Morgan fingerprint density at radius 2 is 1.92 bits per heavy atom. The summed E-state index contributed by atoms with van der Waals surface area (Å²) in [7, 11) is 5.95. The first-order valence-electron chi connectivity index (χ1n) is 8.54. The van der Waals surface area contributed by atoms with Gasteiger partial charge in [-0.3, -0.25) is 14.8 Å². The zero-order valence-corrected chi connectivity index (χ0v) is 15.0. The van der Waals surface area contributed by atoms with E-state index in [0.717, 1.165) is 29.9 Å². The fraction of sp³-hybridized carbons (Fsp3) is 0.421. The molecule has 0 bridgehead atoms. The summed E-state index contributed by atoms with van der Waals surface area (Å²) >= 11 is 0. The minimum absolute atomic E-state index is 0.102. The number of hydrogen-bond donors (Lipinski definition) is 1. The summed E-state index contributed by atoms with van der Waals surface area (Å²) < 4.78 is 0. The maximum atomic E-state index is 12.2. The van der Waals surface area contributed by atoms with E-state index < -0.39 is 0 Å². The number of aromatic nitrogens is 2. The highest BCUT2D eigenvalue weighted by Crippen LogP contribution is 2.36. The standard InChI is InChI=1S/C19H25N5O/c1-23(2)17-6-9-21-12-16(17)13-22-11-15-10-18(25)24(3)19(15)14-4-7-20-8-5-14/h4-9,12,15,19,22H,10-11,13H2,1-3H3/t15-,19-/m0/s1. The summed E-state index contributed by atoms with van der Waals surface area (Å²) in [5, 5.41) is 3.52. The quantitative estimate of drug-likeness (QED) is 0.870. The van der Waals surface area contributed by atoms with Crippen molar-refractivity contribution in [3.8, 4) is 0 Å². The van der Waals surface area contributed by atoms with Crippen LogP contribution < -0.4 is 10.2 Å². The van der Waals surface area contributed by atoms with Crippen LogP contribution in [0.3, 0.4) is 0 Å². The number of carbonyl (C=O) groups is 1. The highest BCUT2D eigenvalue weighted by molar-refractivity contribution is 5.79. The molecule has 2 aromatic heterocycles. The molecule has 6 heteroatoms. The van der Waals surface area contributed by atoms with Gasteiger partial charge in [-0.05, 0) is 23.8 Å². The predicted molar refractivity (Wildman–Crippen MR) is 98.1 cm³/mol. The van der Waals surface area contributed by atoms with Gasteiger partial charge in [0.1, 0.15) is 0 Å². The maximum Gasteiger partial charge on any atom is 0.223 e. The molecular formula is C19H25N5O. The Hall–Kier alpha value is -2.47. The van der Waals surface area contributed by atoms with Crippen LogP contribution in [0.5, 0.6) is 0 Å². The number of carbonyl (C=O) groups excluding carboxylic acids is 1. The normalized spacial score (nSPS) is 20.1. The molecule has 1 aliphatic heterocycles. The summed E-state index contributed by atoms with van der Waals surface area (Å²) in [4.78, 5) is 24.5. The minimum Gasteiger partial charge on any atom is -0.377 e. The number of pyridine rings is 2. The first-order chi connectivity index (χ1) is 12.1. The highest BCUT2D eigenvalue weighted by Gasteiger charge is 2.37. The third kappa shape index (κ3) is 3.79. The molecular weight excluding hydrogens is 314 g/mol. The molecule has 132 valence electrons. The van der Waals surface area contributed by atoms with E-state index in [1.807, 2.05) is 56.6 Å². The van der Waals surface area contributed by atoms with Crippen LogP contribution in [0.4, 0.5) is 5.69 Å². The van der Waals surface area contributed by atoms with E-state index in [1.165, 1.54) is 0 Å². The zero-order chi connectivity index (χ0) is 17.8. The zero-order valence-electron chi connectivity index (χ0n) is 15.0. The van der Waals surface area contributed by atoms with Crippen molar-refractivity contribution >= 4 is 11.6 Å². The molecule has 25 heavy (non-hydrogen) atoms. The van der Waals surface area contributed by atoms with Crippen molar-refractivity contribution in [2.24, 2.45) is 5.92 Å². The van der Waals surface area contributed by atoms with Gasteiger partial charge in [0.15, 0.2) is 0 Å². The SMILES string of the molecule is CN(C)c1ccncc1CNC[C@@H]1CC(=O)N(C)[C@H]1c1ccncc1. The summed E-state index contributed by atoms with van der Waals surface area (Å²) in [5.41, 5.74) is 3.46. The average Bonchev–Trinajstić information content (AvgIpc) is 2.90. The monoisotopic (exact) mass is 339 g/mol. The first kappa shape index (κ1) is 17.4. The summed E-state index contributed by atoms with van der Waals surface area (Å²) in [6.45, 7) is 1.52. The molecule has 1 saturated heterocycles.